The van der Waals surface area contributed by atoms with Crippen LogP contribution < -0.4 is 45.4 Å². The molecule has 7 aromatic rings. The third-order valence-electron chi connectivity index (χ3n) is 13.1. The third-order valence-corrected chi connectivity index (χ3v) is 13.1. The van der Waals surface area contributed by atoms with Crippen LogP contribution in [0.2, 0.25) is 0 Å². The number of pyridine rings is 4. The number of aliphatic carboxylic acids is 1. The minimum atomic E-state index is -5.08. The predicted molar refractivity (Wildman–Crippen MR) is 295 cm³/mol. The summed E-state index contributed by atoms with van der Waals surface area (Å²) in [5.41, 5.74) is 8.29. The van der Waals surface area contributed by atoms with E-state index in [1.165, 1.54) is 12.1 Å². The minimum absolute atomic E-state index is 0.00404. The molecule has 2 atom stereocenters. The summed E-state index contributed by atoms with van der Waals surface area (Å²) in [4.78, 5) is 77.4. The standard InChI is InChI=1S/C33H33FN4O5.C25H25FN4O4.C2HF3O2/c1-19(2)42-27-16-11-21(18-35-27)26-15-14-24-28(23-7-6-8-25(34)29(23)43-30(24)37-26)33(3,4)31(39)38-32(40)36-17-20-9-12-22(41-5)13-10-20;1-13(2)33-19-11-8-14(12-28-19)18-10-9-16-20(25(3,4)23(31)30-24(27)32)15-6-5-7-17(26)21(15)34-22(16)29-18;3-2(4,5)1(6)7/h6-16,18-19,28H,17H2,1-5H3,(H2,36,38,39,40);5-13,20H,1-4H3,(H3,27,30,31,32);(H,6,7)/t28-;20-;/m00./s1. The number of amides is 6. The van der Waals surface area contributed by atoms with Crippen molar-refractivity contribution in [2.75, 3.05) is 7.11 Å². The number of alkyl halides is 3. The zero-order valence-corrected chi connectivity index (χ0v) is 46.8. The second-order valence-corrected chi connectivity index (χ2v) is 20.7. The topological polar surface area (TPSA) is 265 Å². The Balaban J connectivity index is 0.000000221. The molecule has 2 aliphatic rings. The number of hydrogen-bond donors (Lipinski definition) is 5. The van der Waals surface area contributed by atoms with E-state index < -0.39 is 70.3 Å². The summed E-state index contributed by atoms with van der Waals surface area (Å²) in [6, 6.07) is 29.0. The SMILES string of the molecule is CC(C)Oc1ccc(-c2ccc3c(n2)Oc2c(F)cccc2[C@@H]3C(C)(C)C(=O)NC(N)=O)cn1.COc1ccc(CNC(=O)NC(=O)C(C)(C)[C@@H]2c3ccc(-c4ccc(OC(C)C)nc4)nc3Oc3c(F)cccc32)cc1.O=C(O)C(F)(F)F. The number of benzene rings is 3. The number of methoxy groups -OCH3 is 1. The van der Waals surface area contributed by atoms with Crippen LogP contribution in [0.3, 0.4) is 0 Å². The van der Waals surface area contributed by atoms with Gasteiger partial charge in [0.25, 0.3) is 0 Å². The number of rotatable bonds is 13. The molecule has 9 rings (SSSR count). The van der Waals surface area contributed by atoms with Crippen molar-refractivity contribution >= 4 is 29.8 Å². The van der Waals surface area contributed by atoms with Gasteiger partial charge in [0.15, 0.2) is 23.1 Å². The van der Waals surface area contributed by atoms with E-state index in [1.807, 2.05) is 58.0 Å². The first-order valence-corrected chi connectivity index (χ1v) is 25.9. The number of nitrogens with zero attached hydrogens (tertiary/aromatic N) is 4. The molecule has 440 valence electrons. The summed E-state index contributed by atoms with van der Waals surface area (Å²) < 4.78 is 89.8. The maximum absolute atomic E-state index is 15.1. The maximum atomic E-state index is 15.1. The summed E-state index contributed by atoms with van der Waals surface area (Å²) in [5.74, 6) is -4.36. The maximum Gasteiger partial charge on any atom is 0.490 e. The summed E-state index contributed by atoms with van der Waals surface area (Å²) in [5, 5.41) is 14.4. The van der Waals surface area contributed by atoms with Crippen molar-refractivity contribution in [2.24, 2.45) is 16.6 Å². The van der Waals surface area contributed by atoms with Gasteiger partial charge in [-0.3, -0.25) is 20.2 Å². The fourth-order valence-electron chi connectivity index (χ4n) is 9.09. The van der Waals surface area contributed by atoms with E-state index in [1.54, 1.807) is 114 Å². The quantitative estimate of drug-likeness (QED) is 0.0672. The molecule has 0 saturated heterocycles. The average Bonchev–Trinajstić information content (AvgIpc) is 1.05. The van der Waals surface area contributed by atoms with Crippen LogP contribution in [0.1, 0.15) is 95.0 Å². The van der Waals surface area contributed by atoms with Crippen LogP contribution in [-0.4, -0.2) is 80.4 Å². The van der Waals surface area contributed by atoms with Gasteiger partial charge in [0.05, 0.1) is 41.5 Å². The number of imide groups is 2. The number of carboxylic acids is 1. The van der Waals surface area contributed by atoms with Crippen LogP contribution in [0.5, 0.6) is 40.8 Å². The highest BCUT2D eigenvalue weighted by atomic mass is 19.4. The van der Waals surface area contributed by atoms with Crippen molar-refractivity contribution in [3.05, 3.63) is 161 Å². The van der Waals surface area contributed by atoms with Crippen LogP contribution in [-0.2, 0) is 20.9 Å². The first-order chi connectivity index (χ1) is 39.6. The number of carbonyl (C=O) groups excluding carboxylic acids is 4. The Morgan fingerprint density at radius 1 is 0.619 bits per heavy atom. The number of aromatic nitrogens is 4. The highest BCUT2D eigenvalue weighted by Crippen LogP contribution is 2.54. The molecule has 6 N–H and O–H groups in total. The fourth-order valence-corrected chi connectivity index (χ4v) is 9.09. The molecule has 84 heavy (non-hydrogen) atoms. The lowest BCUT2D eigenvalue weighted by Gasteiger charge is -2.37. The molecule has 0 saturated carbocycles. The van der Waals surface area contributed by atoms with Gasteiger partial charge in [-0.2, -0.15) is 13.2 Å². The molecule has 6 heterocycles. The van der Waals surface area contributed by atoms with Crippen LogP contribution >= 0.6 is 0 Å². The lowest BCUT2D eigenvalue weighted by atomic mass is 9.69. The van der Waals surface area contributed by atoms with Gasteiger partial charge in [-0.15, -0.1) is 0 Å². The average molecular weight is 1160 g/mol. The van der Waals surface area contributed by atoms with Gasteiger partial charge < -0.3 is 39.8 Å². The molecule has 0 aliphatic carbocycles. The molecular formula is C60H59F5N8O11. The zero-order valence-electron chi connectivity index (χ0n) is 46.8. The molecular weight excluding hydrogens is 1100 g/mol. The molecule has 0 spiro atoms. The lowest BCUT2D eigenvalue weighted by Crippen LogP contribution is -2.48. The Kier molecular flexibility index (Phi) is 18.8. The van der Waals surface area contributed by atoms with E-state index >= 15 is 4.39 Å². The second kappa shape index (κ2) is 25.6. The van der Waals surface area contributed by atoms with Crippen molar-refractivity contribution in [1.29, 1.82) is 0 Å². The van der Waals surface area contributed by atoms with Crippen molar-refractivity contribution in [1.82, 2.24) is 35.9 Å². The Morgan fingerprint density at radius 3 is 1.42 bits per heavy atom. The summed E-state index contributed by atoms with van der Waals surface area (Å²) in [6.07, 6.45) is -1.83. The number of hydrogen-bond acceptors (Lipinski definition) is 14. The molecule has 3 aromatic carbocycles. The summed E-state index contributed by atoms with van der Waals surface area (Å²) in [7, 11) is 1.58. The second-order valence-electron chi connectivity index (χ2n) is 20.7. The van der Waals surface area contributed by atoms with Crippen LogP contribution in [0.15, 0.2) is 122 Å². The molecule has 4 aromatic heterocycles. The van der Waals surface area contributed by atoms with E-state index in [0.29, 0.717) is 62.3 Å². The van der Waals surface area contributed by atoms with Gasteiger partial charge in [0, 0.05) is 76.3 Å². The first kappa shape index (κ1) is 61.9. The Bertz CT molecular complexity index is 3570. The molecule has 19 nitrogen and oxygen atoms in total. The molecule has 24 heteroatoms. The van der Waals surface area contributed by atoms with E-state index in [4.69, 9.17) is 39.3 Å². The smallest absolute Gasteiger partial charge is 0.490 e. The largest absolute Gasteiger partial charge is 0.497 e. The van der Waals surface area contributed by atoms with Gasteiger partial charge in [0.1, 0.15) is 5.75 Å². The fraction of sp³-hybridized carbons (Fsp3) is 0.283. The molecule has 0 fully saturated rings. The third kappa shape index (κ3) is 14.5. The first-order valence-electron chi connectivity index (χ1n) is 25.9. The number of ether oxygens (including phenoxy) is 5. The number of nitrogens with one attached hydrogen (secondary N) is 3. The van der Waals surface area contributed by atoms with Gasteiger partial charge in [-0.1, -0.05) is 76.2 Å². The molecule has 6 amide bonds. The lowest BCUT2D eigenvalue weighted by molar-refractivity contribution is -0.192. The van der Waals surface area contributed by atoms with E-state index in [-0.39, 0.29) is 42.0 Å². The Hall–Kier alpha value is -9.74. The predicted octanol–water partition coefficient (Wildman–Crippen LogP) is 11.5. The van der Waals surface area contributed by atoms with Crippen LogP contribution in [0.4, 0.5) is 31.5 Å². The summed E-state index contributed by atoms with van der Waals surface area (Å²) >= 11 is 0. The number of primary amides is 1. The number of halogens is 5. The summed E-state index contributed by atoms with van der Waals surface area (Å²) in [6.45, 7) is 14.6. The van der Waals surface area contributed by atoms with E-state index in [2.05, 4.69) is 35.9 Å². The number of fused-ring (bicyclic) bond motifs is 4. The Labute approximate surface area is 479 Å². The molecule has 0 bridgehead atoms. The highest BCUT2D eigenvalue weighted by molar-refractivity contribution is 5.98. The van der Waals surface area contributed by atoms with Gasteiger partial charge in [0.2, 0.25) is 35.3 Å². The number of carboxylic acid groups (broad SMARTS) is 1. The normalized spacial score (nSPS) is 13.9. The number of para-hydroxylation sites is 2. The van der Waals surface area contributed by atoms with Crippen molar-refractivity contribution in [3.8, 4) is 63.3 Å². The van der Waals surface area contributed by atoms with Crippen molar-refractivity contribution in [2.45, 2.75) is 92.2 Å². The van der Waals surface area contributed by atoms with Crippen molar-refractivity contribution < 1.29 is 74.7 Å². The minimum Gasteiger partial charge on any atom is -0.497 e. The van der Waals surface area contributed by atoms with Crippen LogP contribution in [0, 0.1) is 22.5 Å². The van der Waals surface area contributed by atoms with E-state index in [0.717, 1.165) is 5.56 Å². The van der Waals surface area contributed by atoms with Gasteiger partial charge in [-0.05, 0) is 81.8 Å². The Morgan fingerprint density at radius 2 is 1.05 bits per heavy atom. The van der Waals surface area contributed by atoms with Gasteiger partial charge in [-0.25, -0.2) is 43.1 Å². The zero-order chi connectivity index (χ0) is 61.4. The highest BCUT2D eigenvalue weighted by Gasteiger charge is 2.47. The van der Waals surface area contributed by atoms with Crippen LogP contribution in [0.25, 0.3) is 22.5 Å². The number of nitrogens with two attached hydrogens (primary N) is 1. The van der Waals surface area contributed by atoms with Gasteiger partial charge >= 0.3 is 24.2 Å². The monoisotopic (exact) mass is 1160 g/mol. The van der Waals surface area contributed by atoms with E-state index in [9.17, 15) is 36.7 Å². The molecule has 0 unspecified atom stereocenters. The van der Waals surface area contributed by atoms with Crippen molar-refractivity contribution in [3.63, 3.8) is 0 Å². The number of carbonyl (C=O) groups is 5. The number of urea groups is 2. The molecule has 2 aliphatic heterocycles. The molecule has 0 radical (unpaired) electrons.